The molecule has 1 aromatic carbocycles. The van der Waals surface area contributed by atoms with E-state index in [-0.39, 0.29) is 16.8 Å². The summed E-state index contributed by atoms with van der Waals surface area (Å²) in [5, 5.41) is 3.17. The minimum absolute atomic E-state index is 0.0146. The second kappa shape index (κ2) is 8.88. The van der Waals surface area contributed by atoms with Gasteiger partial charge in [-0.25, -0.2) is 12.8 Å². The minimum atomic E-state index is -3.63. The summed E-state index contributed by atoms with van der Waals surface area (Å²) in [6.07, 6.45) is 3.40. The molecule has 1 N–H and O–H groups in total. The van der Waals surface area contributed by atoms with Crippen LogP contribution < -0.4 is 5.32 Å². The van der Waals surface area contributed by atoms with Gasteiger partial charge in [-0.3, -0.25) is 9.69 Å². The third-order valence-corrected chi connectivity index (χ3v) is 8.12. The number of rotatable bonds is 5. The van der Waals surface area contributed by atoms with Crippen LogP contribution in [0.15, 0.2) is 29.2 Å². The SMILES string of the molecule is C[C@H]1[C@H](C)CCC[C@@H]1NC(=O)CN1CCN(S(=O)(=O)c2ccc(F)cc2)CC1. The van der Waals surface area contributed by atoms with Crippen molar-refractivity contribution in [3.63, 3.8) is 0 Å². The maximum atomic E-state index is 13.1. The van der Waals surface area contributed by atoms with E-state index >= 15 is 0 Å². The van der Waals surface area contributed by atoms with Crippen molar-refractivity contribution >= 4 is 15.9 Å². The van der Waals surface area contributed by atoms with Crippen molar-refractivity contribution in [1.82, 2.24) is 14.5 Å². The molecule has 1 amide bonds. The molecule has 28 heavy (non-hydrogen) atoms. The first-order valence-corrected chi connectivity index (χ1v) is 11.5. The Balaban J connectivity index is 1.50. The Morgan fingerprint density at radius 1 is 1.11 bits per heavy atom. The number of piperazine rings is 1. The molecule has 8 heteroatoms. The summed E-state index contributed by atoms with van der Waals surface area (Å²) in [5.41, 5.74) is 0. The lowest BCUT2D eigenvalue weighted by atomic mass is 9.78. The van der Waals surface area contributed by atoms with Crippen LogP contribution in [0.2, 0.25) is 0 Å². The maximum Gasteiger partial charge on any atom is 0.243 e. The van der Waals surface area contributed by atoms with E-state index in [2.05, 4.69) is 19.2 Å². The van der Waals surface area contributed by atoms with E-state index in [1.165, 1.54) is 22.9 Å². The van der Waals surface area contributed by atoms with Crippen molar-refractivity contribution in [2.24, 2.45) is 11.8 Å². The van der Waals surface area contributed by atoms with E-state index in [4.69, 9.17) is 0 Å². The standard InChI is InChI=1S/C20H30FN3O3S/c1-15-4-3-5-19(16(15)2)22-20(25)14-23-10-12-24(13-11-23)28(26,27)18-8-6-17(21)7-9-18/h6-9,15-16,19H,3-5,10-14H2,1-2H3,(H,22,25)/t15-,16+,19+/m1/s1. The van der Waals surface area contributed by atoms with E-state index in [9.17, 15) is 17.6 Å². The van der Waals surface area contributed by atoms with E-state index in [0.717, 1.165) is 25.0 Å². The van der Waals surface area contributed by atoms with Crippen LogP contribution >= 0.6 is 0 Å². The van der Waals surface area contributed by atoms with Gasteiger partial charge in [0.15, 0.2) is 0 Å². The highest BCUT2D eigenvalue weighted by Gasteiger charge is 2.31. The summed E-state index contributed by atoms with van der Waals surface area (Å²) in [7, 11) is -3.63. The smallest absolute Gasteiger partial charge is 0.243 e. The van der Waals surface area contributed by atoms with Gasteiger partial charge in [-0.1, -0.05) is 26.7 Å². The van der Waals surface area contributed by atoms with Crippen molar-refractivity contribution in [3.05, 3.63) is 30.1 Å². The average molecular weight is 412 g/mol. The Hall–Kier alpha value is -1.51. The van der Waals surface area contributed by atoms with Crippen LogP contribution in [0, 0.1) is 17.7 Å². The molecule has 0 bridgehead atoms. The van der Waals surface area contributed by atoms with Gasteiger partial charge in [-0.05, 0) is 42.5 Å². The quantitative estimate of drug-likeness (QED) is 0.805. The van der Waals surface area contributed by atoms with Gasteiger partial charge in [0.1, 0.15) is 5.82 Å². The fourth-order valence-corrected chi connectivity index (χ4v) is 5.55. The zero-order chi connectivity index (χ0) is 20.3. The molecule has 1 aromatic rings. The number of halogens is 1. The van der Waals surface area contributed by atoms with Gasteiger partial charge in [-0.15, -0.1) is 0 Å². The van der Waals surface area contributed by atoms with Crippen molar-refractivity contribution in [1.29, 1.82) is 0 Å². The number of nitrogens with zero attached hydrogens (tertiary/aromatic N) is 2. The normalized spacial score (nSPS) is 27.5. The molecule has 3 rings (SSSR count). The summed E-state index contributed by atoms with van der Waals surface area (Å²) in [5.74, 6) is 0.659. The highest BCUT2D eigenvalue weighted by molar-refractivity contribution is 7.89. The van der Waals surface area contributed by atoms with E-state index < -0.39 is 15.8 Å². The predicted octanol–water partition coefficient (Wildman–Crippen LogP) is 2.07. The van der Waals surface area contributed by atoms with Gasteiger partial charge < -0.3 is 5.32 Å². The first kappa shape index (κ1) is 21.2. The van der Waals surface area contributed by atoms with E-state index in [1.54, 1.807) is 0 Å². The molecule has 156 valence electrons. The highest BCUT2D eigenvalue weighted by Crippen LogP contribution is 2.29. The van der Waals surface area contributed by atoms with Gasteiger partial charge in [-0.2, -0.15) is 4.31 Å². The molecular formula is C20H30FN3O3S. The molecule has 1 aliphatic heterocycles. The first-order valence-electron chi connectivity index (χ1n) is 10.0. The lowest BCUT2D eigenvalue weighted by Gasteiger charge is -2.36. The van der Waals surface area contributed by atoms with Gasteiger partial charge in [0.05, 0.1) is 11.4 Å². The lowest BCUT2D eigenvalue weighted by molar-refractivity contribution is -0.124. The zero-order valence-electron chi connectivity index (χ0n) is 16.6. The molecule has 0 aromatic heterocycles. The van der Waals surface area contributed by atoms with E-state index in [1.807, 2.05) is 4.90 Å². The first-order chi connectivity index (χ1) is 13.3. The van der Waals surface area contributed by atoms with Crippen LogP contribution in [0.4, 0.5) is 4.39 Å². The molecule has 0 unspecified atom stereocenters. The fraction of sp³-hybridized carbons (Fsp3) is 0.650. The lowest BCUT2D eigenvalue weighted by Crippen LogP contribution is -2.52. The molecule has 3 atom stereocenters. The number of amides is 1. The third-order valence-electron chi connectivity index (χ3n) is 6.20. The van der Waals surface area contributed by atoms with Gasteiger partial charge in [0.2, 0.25) is 15.9 Å². The fourth-order valence-electron chi connectivity index (χ4n) is 4.12. The molecule has 2 fully saturated rings. The monoisotopic (exact) mass is 411 g/mol. The van der Waals surface area contributed by atoms with Crippen LogP contribution in [-0.2, 0) is 14.8 Å². The maximum absolute atomic E-state index is 13.1. The summed E-state index contributed by atoms with van der Waals surface area (Å²) in [6.45, 7) is 6.39. The number of sulfonamides is 1. The minimum Gasteiger partial charge on any atom is -0.352 e. The number of benzene rings is 1. The van der Waals surface area contributed by atoms with Crippen LogP contribution in [0.3, 0.4) is 0 Å². The van der Waals surface area contributed by atoms with Gasteiger partial charge in [0, 0.05) is 32.2 Å². The second-order valence-corrected chi connectivity index (χ2v) is 10.0. The number of carbonyl (C=O) groups excluding carboxylic acids is 1. The third kappa shape index (κ3) is 4.90. The molecule has 6 nitrogen and oxygen atoms in total. The molecule has 0 spiro atoms. The van der Waals surface area contributed by atoms with Crippen LogP contribution in [-0.4, -0.2) is 62.3 Å². The molecule has 1 heterocycles. The Morgan fingerprint density at radius 3 is 2.39 bits per heavy atom. The van der Waals surface area contributed by atoms with E-state index in [0.29, 0.717) is 44.6 Å². The van der Waals surface area contributed by atoms with Crippen molar-refractivity contribution in [2.45, 2.75) is 44.0 Å². The average Bonchev–Trinajstić information content (AvgIpc) is 2.66. The highest BCUT2D eigenvalue weighted by atomic mass is 32.2. The number of hydrogen-bond donors (Lipinski definition) is 1. The number of nitrogens with one attached hydrogen (secondary N) is 1. The topological polar surface area (TPSA) is 69.7 Å². The summed E-state index contributed by atoms with van der Waals surface area (Å²) >= 11 is 0. The van der Waals surface area contributed by atoms with Crippen LogP contribution in [0.5, 0.6) is 0 Å². The summed E-state index contributed by atoms with van der Waals surface area (Å²) in [6, 6.07) is 5.12. The second-order valence-electron chi connectivity index (χ2n) is 8.08. The Morgan fingerprint density at radius 2 is 1.75 bits per heavy atom. The molecule has 1 saturated carbocycles. The Kier molecular flexibility index (Phi) is 6.73. The van der Waals surface area contributed by atoms with Crippen molar-refractivity contribution in [2.75, 3.05) is 32.7 Å². The van der Waals surface area contributed by atoms with Gasteiger partial charge in [0.25, 0.3) is 0 Å². The van der Waals surface area contributed by atoms with Crippen LogP contribution in [0.25, 0.3) is 0 Å². The molecule has 1 saturated heterocycles. The largest absolute Gasteiger partial charge is 0.352 e. The number of carbonyl (C=O) groups is 1. The van der Waals surface area contributed by atoms with Crippen molar-refractivity contribution in [3.8, 4) is 0 Å². The number of hydrogen-bond acceptors (Lipinski definition) is 4. The van der Waals surface area contributed by atoms with Crippen LogP contribution in [0.1, 0.15) is 33.1 Å². The molecule has 0 radical (unpaired) electrons. The Labute approximate surface area is 167 Å². The molecule has 2 aliphatic rings. The summed E-state index contributed by atoms with van der Waals surface area (Å²) in [4.78, 5) is 14.5. The molecule has 1 aliphatic carbocycles. The zero-order valence-corrected chi connectivity index (χ0v) is 17.4. The predicted molar refractivity (Wildman–Crippen MR) is 106 cm³/mol. The summed E-state index contributed by atoms with van der Waals surface area (Å²) < 4.78 is 39.8. The Bertz CT molecular complexity index is 776. The molecular weight excluding hydrogens is 381 g/mol. The van der Waals surface area contributed by atoms with Crippen molar-refractivity contribution < 1.29 is 17.6 Å². The van der Waals surface area contributed by atoms with Gasteiger partial charge >= 0.3 is 0 Å².